The lowest BCUT2D eigenvalue weighted by atomic mass is 9.99. The van der Waals surface area contributed by atoms with Crippen molar-refractivity contribution in [3.05, 3.63) is 54.2 Å². The van der Waals surface area contributed by atoms with Crippen LogP contribution in [0.1, 0.15) is 11.1 Å². The van der Waals surface area contributed by atoms with Crippen LogP contribution in [0.3, 0.4) is 0 Å². The molecule has 0 aliphatic carbocycles. The molecule has 26 heavy (non-hydrogen) atoms. The number of aliphatic hydroxyl groups excluding tert-OH is 1. The van der Waals surface area contributed by atoms with Gasteiger partial charge in [-0.1, -0.05) is 36.9 Å². The number of nitrogens with zero attached hydrogens (tertiary/aromatic N) is 3. The van der Waals surface area contributed by atoms with Crippen molar-refractivity contribution in [2.24, 2.45) is 0 Å². The van der Waals surface area contributed by atoms with E-state index in [2.05, 4.69) is 50.9 Å². The molecule has 0 saturated carbocycles. The van der Waals surface area contributed by atoms with E-state index in [0.717, 1.165) is 56.2 Å². The summed E-state index contributed by atoms with van der Waals surface area (Å²) >= 11 is 0. The molecule has 1 saturated heterocycles. The predicted octanol–water partition coefficient (Wildman–Crippen LogP) is 2.54. The highest BCUT2D eigenvalue weighted by molar-refractivity contribution is 5.80. The Morgan fingerprint density at radius 2 is 1.81 bits per heavy atom. The van der Waals surface area contributed by atoms with Crippen LogP contribution in [0.25, 0.3) is 17.2 Å². The molecule has 2 N–H and O–H groups in total. The monoisotopic (exact) mass is 352 g/mol. The second-order valence-electron chi connectivity index (χ2n) is 6.61. The van der Waals surface area contributed by atoms with E-state index in [-0.39, 0.29) is 6.61 Å². The van der Waals surface area contributed by atoms with Crippen molar-refractivity contribution in [1.82, 2.24) is 14.8 Å². The maximum atomic E-state index is 9.04. The van der Waals surface area contributed by atoms with E-state index in [1.807, 2.05) is 25.4 Å². The number of piperazine rings is 1. The molecule has 0 unspecified atom stereocenters. The van der Waals surface area contributed by atoms with Crippen molar-refractivity contribution in [2.45, 2.75) is 6.54 Å². The van der Waals surface area contributed by atoms with Gasteiger partial charge in [0.1, 0.15) is 5.82 Å². The first-order valence-corrected chi connectivity index (χ1v) is 9.19. The Morgan fingerprint density at radius 3 is 2.42 bits per heavy atom. The first kappa shape index (κ1) is 18.6. The zero-order valence-corrected chi connectivity index (χ0v) is 15.5. The molecule has 0 spiro atoms. The van der Waals surface area contributed by atoms with Crippen LogP contribution >= 0.6 is 0 Å². The minimum atomic E-state index is 0.248. The van der Waals surface area contributed by atoms with E-state index in [9.17, 15) is 0 Å². The zero-order chi connectivity index (χ0) is 18.4. The highest BCUT2D eigenvalue weighted by atomic mass is 16.3. The molecular formula is C21H28N4O. The van der Waals surface area contributed by atoms with Gasteiger partial charge in [-0.3, -0.25) is 9.80 Å². The highest BCUT2D eigenvalue weighted by Crippen LogP contribution is 2.29. The second-order valence-corrected chi connectivity index (χ2v) is 6.61. The van der Waals surface area contributed by atoms with Gasteiger partial charge in [-0.25, -0.2) is 4.98 Å². The fourth-order valence-corrected chi connectivity index (χ4v) is 3.49. The van der Waals surface area contributed by atoms with Crippen LogP contribution in [0, 0.1) is 0 Å². The highest BCUT2D eigenvalue weighted by Gasteiger charge is 2.16. The summed E-state index contributed by atoms with van der Waals surface area (Å²) in [7, 11) is 1.88. The van der Waals surface area contributed by atoms with Gasteiger partial charge in [0.25, 0.3) is 0 Å². The summed E-state index contributed by atoms with van der Waals surface area (Å²) in [5, 5.41) is 12.2. The molecule has 1 aromatic carbocycles. The molecule has 1 aliphatic heterocycles. The fraction of sp³-hybridized carbons (Fsp3) is 0.381. The van der Waals surface area contributed by atoms with Crippen LogP contribution in [0.4, 0.5) is 5.82 Å². The average molecular weight is 352 g/mol. The maximum absolute atomic E-state index is 9.04. The summed E-state index contributed by atoms with van der Waals surface area (Å²) in [5.41, 5.74) is 4.67. The molecule has 1 aliphatic rings. The van der Waals surface area contributed by atoms with Gasteiger partial charge in [-0.2, -0.15) is 0 Å². The predicted molar refractivity (Wildman–Crippen MR) is 108 cm³/mol. The van der Waals surface area contributed by atoms with Crippen molar-refractivity contribution in [3.8, 4) is 11.1 Å². The molecule has 138 valence electrons. The Bertz CT molecular complexity index is 721. The van der Waals surface area contributed by atoms with Crippen LogP contribution in [0.2, 0.25) is 0 Å². The molecule has 5 nitrogen and oxygen atoms in total. The van der Waals surface area contributed by atoms with Crippen molar-refractivity contribution in [1.29, 1.82) is 0 Å². The number of anilines is 1. The third-order valence-corrected chi connectivity index (χ3v) is 4.98. The minimum absolute atomic E-state index is 0.248. The number of nitrogens with one attached hydrogen (secondary N) is 1. The Balaban J connectivity index is 1.67. The lowest BCUT2D eigenvalue weighted by molar-refractivity contribution is 0.108. The standard InChI is InChI=1S/C21H28N4O/c1-3-19-20(8-9-23-21(19)22-2)18-6-4-17(5-7-18)16-25-12-10-24(11-13-25)14-15-26/h3-9,26H,1,10-16H2,2H3,(H,22,23). The summed E-state index contributed by atoms with van der Waals surface area (Å²) < 4.78 is 0. The number of aliphatic hydroxyl groups is 1. The van der Waals surface area contributed by atoms with Crippen molar-refractivity contribution in [2.75, 3.05) is 51.7 Å². The normalized spacial score (nSPS) is 15.8. The molecule has 3 rings (SSSR count). The molecule has 5 heteroatoms. The van der Waals surface area contributed by atoms with E-state index in [1.54, 1.807) is 0 Å². The van der Waals surface area contributed by atoms with E-state index in [1.165, 1.54) is 11.1 Å². The maximum Gasteiger partial charge on any atom is 0.133 e. The first-order valence-electron chi connectivity index (χ1n) is 9.19. The first-order chi connectivity index (χ1) is 12.7. The summed E-state index contributed by atoms with van der Waals surface area (Å²) in [4.78, 5) is 9.15. The van der Waals surface area contributed by atoms with Gasteiger partial charge >= 0.3 is 0 Å². The van der Waals surface area contributed by atoms with Crippen LogP contribution in [-0.4, -0.2) is 66.3 Å². The van der Waals surface area contributed by atoms with Crippen molar-refractivity contribution < 1.29 is 5.11 Å². The Morgan fingerprint density at radius 1 is 1.12 bits per heavy atom. The molecular weight excluding hydrogens is 324 g/mol. The summed E-state index contributed by atoms with van der Waals surface area (Å²) in [6.07, 6.45) is 3.68. The van der Waals surface area contributed by atoms with E-state index < -0.39 is 0 Å². The summed E-state index contributed by atoms with van der Waals surface area (Å²) in [6.45, 7) is 10.1. The number of aromatic nitrogens is 1. The van der Waals surface area contributed by atoms with Crippen LogP contribution in [0.15, 0.2) is 43.1 Å². The Hall–Kier alpha value is -2.21. The fourth-order valence-electron chi connectivity index (χ4n) is 3.49. The molecule has 0 amide bonds. The van der Waals surface area contributed by atoms with Gasteiger partial charge in [-0.05, 0) is 22.8 Å². The van der Waals surface area contributed by atoms with Crippen LogP contribution in [0.5, 0.6) is 0 Å². The second kappa shape index (κ2) is 8.94. The summed E-state index contributed by atoms with van der Waals surface area (Å²) in [5.74, 6) is 0.849. The number of benzene rings is 1. The average Bonchev–Trinajstić information content (AvgIpc) is 2.69. The van der Waals surface area contributed by atoms with Gasteiger partial charge in [0, 0.05) is 58.1 Å². The third-order valence-electron chi connectivity index (χ3n) is 4.98. The van der Waals surface area contributed by atoms with E-state index in [0.29, 0.717) is 0 Å². The largest absolute Gasteiger partial charge is 0.395 e. The van der Waals surface area contributed by atoms with Gasteiger partial charge in [0.15, 0.2) is 0 Å². The number of hydrogen-bond acceptors (Lipinski definition) is 5. The van der Waals surface area contributed by atoms with Gasteiger partial charge in [0.2, 0.25) is 0 Å². The van der Waals surface area contributed by atoms with Crippen LogP contribution < -0.4 is 5.32 Å². The number of rotatable bonds is 7. The van der Waals surface area contributed by atoms with E-state index >= 15 is 0 Å². The molecule has 2 heterocycles. The molecule has 1 aromatic heterocycles. The number of β-amino-alcohol motifs (C(OH)–C–C–N with tert-alkyl or cyclic N) is 1. The van der Waals surface area contributed by atoms with Crippen molar-refractivity contribution in [3.63, 3.8) is 0 Å². The van der Waals surface area contributed by atoms with Gasteiger partial charge in [0.05, 0.1) is 6.61 Å². The quantitative estimate of drug-likeness (QED) is 0.802. The summed E-state index contributed by atoms with van der Waals surface area (Å²) in [6, 6.07) is 10.8. The molecule has 2 aromatic rings. The molecule has 0 atom stereocenters. The molecule has 1 fully saturated rings. The molecule has 0 radical (unpaired) electrons. The smallest absolute Gasteiger partial charge is 0.133 e. The molecule has 0 bridgehead atoms. The van der Waals surface area contributed by atoms with Crippen molar-refractivity contribution >= 4 is 11.9 Å². The minimum Gasteiger partial charge on any atom is -0.395 e. The zero-order valence-electron chi connectivity index (χ0n) is 15.5. The lowest BCUT2D eigenvalue weighted by Crippen LogP contribution is -2.46. The van der Waals surface area contributed by atoms with Gasteiger partial charge < -0.3 is 10.4 Å². The SMILES string of the molecule is C=Cc1c(-c2ccc(CN3CCN(CCO)CC3)cc2)ccnc1NC. The topological polar surface area (TPSA) is 51.6 Å². The van der Waals surface area contributed by atoms with Crippen LogP contribution in [-0.2, 0) is 6.54 Å². The Kier molecular flexibility index (Phi) is 6.39. The van der Waals surface area contributed by atoms with Gasteiger partial charge in [-0.15, -0.1) is 0 Å². The number of hydrogen-bond donors (Lipinski definition) is 2. The van der Waals surface area contributed by atoms with E-state index in [4.69, 9.17) is 5.11 Å². The third kappa shape index (κ3) is 4.30. The lowest BCUT2D eigenvalue weighted by Gasteiger charge is -2.34. The Labute approximate surface area is 156 Å². The number of pyridine rings is 1.